The Morgan fingerprint density at radius 2 is 1.34 bits per heavy atom. The van der Waals surface area contributed by atoms with Crippen LogP contribution in [0.3, 0.4) is 0 Å². The molecule has 3 aliphatic rings. The van der Waals surface area contributed by atoms with Gasteiger partial charge in [-0.3, -0.25) is 4.90 Å². The molecule has 0 unspecified atom stereocenters. The number of amides is 2. The normalized spacial score (nSPS) is 30.6. The molecule has 0 radical (unpaired) electrons. The molecule has 4 heteroatoms. The van der Waals surface area contributed by atoms with E-state index in [9.17, 15) is 4.79 Å². The molecule has 2 saturated carbocycles. The molecule has 1 spiro atoms. The highest BCUT2D eigenvalue weighted by Crippen LogP contribution is 2.54. The standard InChI is InChI=1S/C25H31N3O/c1-27(2)24(20-9-5-3-6-10-20)15-13-23(14-16-24)19-28(22(29)26-23)25(17-18-25)21-11-7-4-8-12-21/h3-12H,13-19H2,1-2H3,(H,26,29)/t23-,24-. The van der Waals surface area contributed by atoms with Gasteiger partial charge in [-0.05, 0) is 63.7 Å². The Balaban J connectivity index is 1.37. The second kappa shape index (κ2) is 6.60. The van der Waals surface area contributed by atoms with E-state index in [1.54, 1.807) is 0 Å². The topological polar surface area (TPSA) is 35.6 Å². The molecule has 5 rings (SSSR count). The molecular weight excluding hydrogens is 358 g/mol. The molecule has 1 aliphatic heterocycles. The maximum atomic E-state index is 13.1. The minimum absolute atomic E-state index is 0.0569. The summed E-state index contributed by atoms with van der Waals surface area (Å²) < 4.78 is 0. The Labute approximate surface area is 173 Å². The lowest BCUT2D eigenvalue weighted by atomic mass is 9.69. The summed E-state index contributed by atoms with van der Waals surface area (Å²) in [6.07, 6.45) is 6.33. The van der Waals surface area contributed by atoms with Gasteiger partial charge in [0.15, 0.2) is 0 Å². The SMILES string of the molecule is CN(C)[C@]1(c2ccccc2)CC[C@@]2(CC1)CN(C1(c3ccccc3)CC1)C(=O)N2. The zero-order valence-electron chi connectivity index (χ0n) is 17.5. The van der Waals surface area contributed by atoms with Crippen molar-refractivity contribution in [3.63, 3.8) is 0 Å². The van der Waals surface area contributed by atoms with E-state index < -0.39 is 0 Å². The van der Waals surface area contributed by atoms with E-state index in [-0.39, 0.29) is 22.6 Å². The maximum Gasteiger partial charge on any atom is 0.318 e. The molecule has 4 nitrogen and oxygen atoms in total. The minimum atomic E-state index is -0.0876. The molecule has 0 aromatic heterocycles. The lowest BCUT2D eigenvalue weighted by molar-refractivity contribution is 0.0597. The number of carbonyl (C=O) groups excluding carboxylic acids is 1. The Morgan fingerprint density at radius 1 is 0.793 bits per heavy atom. The first-order valence-electron chi connectivity index (χ1n) is 10.9. The summed E-state index contributed by atoms with van der Waals surface area (Å²) in [6.45, 7) is 0.832. The van der Waals surface area contributed by atoms with Crippen LogP contribution in [0.4, 0.5) is 4.79 Å². The number of carbonyl (C=O) groups is 1. The van der Waals surface area contributed by atoms with Gasteiger partial charge in [0.1, 0.15) is 0 Å². The van der Waals surface area contributed by atoms with Crippen molar-refractivity contribution in [3.8, 4) is 0 Å². The molecule has 1 saturated heterocycles. The molecule has 2 aromatic carbocycles. The van der Waals surface area contributed by atoms with Crippen molar-refractivity contribution in [3.05, 3.63) is 71.8 Å². The first-order chi connectivity index (χ1) is 14.0. The first kappa shape index (κ1) is 18.7. The molecule has 0 bridgehead atoms. The van der Waals surface area contributed by atoms with E-state index in [1.165, 1.54) is 11.1 Å². The summed E-state index contributed by atoms with van der Waals surface area (Å²) in [5.74, 6) is 0. The summed E-state index contributed by atoms with van der Waals surface area (Å²) in [4.78, 5) is 17.6. The van der Waals surface area contributed by atoms with Crippen LogP contribution in [-0.4, -0.2) is 42.0 Å². The van der Waals surface area contributed by atoms with E-state index >= 15 is 0 Å². The number of urea groups is 1. The number of hydrogen-bond acceptors (Lipinski definition) is 2. The van der Waals surface area contributed by atoms with E-state index in [2.05, 4.69) is 89.9 Å². The zero-order valence-corrected chi connectivity index (χ0v) is 17.5. The zero-order chi connectivity index (χ0) is 20.1. The van der Waals surface area contributed by atoms with Gasteiger partial charge in [-0.1, -0.05) is 60.7 Å². The number of nitrogens with one attached hydrogen (secondary N) is 1. The highest BCUT2D eigenvalue weighted by Gasteiger charge is 2.58. The predicted molar refractivity (Wildman–Crippen MR) is 116 cm³/mol. The quantitative estimate of drug-likeness (QED) is 0.837. The fraction of sp³-hybridized carbons (Fsp3) is 0.480. The largest absolute Gasteiger partial charge is 0.331 e. The molecule has 3 fully saturated rings. The van der Waals surface area contributed by atoms with Crippen molar-refractivity contribution in [1.29, 1.82) is 0 Å². The molecule has 2 aliphatic carbocycles. The summed E-state index contributed by atoms with van der Waals surface area (Å²) in [6, 6.07) is 21.6. The average molecular weight is 390 g/mol. The third-order valence-corrected chi connectivity index (χ3v) is 7.83. The number of benzene rings is 2. The lowest BCUT2D eigenvalue weighted by Gasteiger charge is -2.48. The van der Waals surface area contributed by atoms with Crippen LogP contribution in [0.2, 0.25) is 0 Å². The van der Waals surface area contributed by atoms with E-state index in [4.69, 9.17) is 0 Å². The number of hydrogen-bond donors (Lipinski definition) is 1. The van der Waals surface area contributed by atoms with Crippen molar-refractivity contribution in [2.75, 3.05) is 20.6 Å². The van der Waals surface area contributed by atoms with E-state index in [1.807, 2.05) is 0 Å². The van der Waals surface area contributed by atoms with Crippen LogP contribution in [-0.2, 0) is 11.1 Å². The summed E-state index contributed by atoms with van der Waals surface area (Å²) in [7, 11) is 4.39. The monoisotopic (exact) mass is 389 g/mol. The Bertz CT molecular complexity index is 881. The van der Waals surface area contributed by atoms with Gasteiger partial charge >= 0.3 is 6.03 Å². The van der Waals surface area contributed by atoms with Crippen molar-refractivity contribution in [2.24, 2.45) is 0 Å². The fourth-order valence-corrected chi connectivity index (χ4v) is 5.80. The molecule has 152 valence electrons. The molecule has 2 aromatic rings. The van der Waals surface area contributed by atoms with Gasteiger partial charge in [-0.15, -0.1) is 0 Å². The second-order valence-corrected chi connectivity index (χ2v) is 9.49. The molecule has 0 atom stereocenters. The van der Waals surface area contributed by atoms with Gasteiger partial charge in [0.05, 0.1) is 11.1 Å². The smallest absolute Gasteiger partial charge is 0.318 e. The van der Waals surface area contributed by atoms with Gasteiger partial charge < -0.3 is 10.2 Å². The predicted octanol–water partition coefficient (Wildman–Crippen LogP) is 4.47. The van der Waals surface area contributed by atoms with Crippen LogP contribution < -0.4 is 5.32 Å². The third kappa shape index (κ3) is 2.88. The Morgan fingerprint density at radius 3 is 1.86 bits per heavy atom. The van der Waals surface area contributed by atoms with Crippen LogP contribution in [0, 0.1) is 0 Å². The van der Waals surface area contributed by atoms with Gasteiger partial charge in [-0.2, -0.15) is 0 Å². The number of rotatable bonds is 4. The summed E-state index contributed by atoms with van der Waals surface area (Å²) >= 11 is 0. The van der Waals surface area contributed by atoms with Crippen LogP contribution in [0.15, 0.2) is 60.7 Å². The van der Waals surface area contributed by atoms with Crippen LogP contribution >= 0.6 is 0 Å². The molecular formula is C25H31N3O. The van der Waals surface area contributed by atoms with Gasteiger partial charge in [-0.25, -0.2) is 4.79 Å². The Hall–Kier alpha value is -2.33. The highest BCUT2D eigenvalue weighted by molar-refractivity contribution is 5.79. The third-order valence-electron chi connectivity index (χ3n) is 7.83. The van der Waals surface area contributed by atoms with Crippen LogP contribution in [0.1, 0.15) is 49.7 Å². The van der Waals surface area contributed by atoms with Gasteiger partial charge in [0.25, 0.3) is 0 Å². The Kier molecular flexibility index (Phi) is 4.25. The maximum absolute atomic E-state index is 13.1. The molecule has 2 amide bonds. The van der Waals surface area contributed by atoms with Crippen molar-refractivity contribution in [2.45, 2.75) is 55.1 Å². The van der Waals surface area contributed by atoms with E-state index in [0.717, 1.165) is 45.1 Å². The minimum Gasteiger partial charge on any atom is -0.331 e. The first-order valence-corrected chi connectivity index (χ1v) is 10.9. The second-order valence-electron chi connectivity index (χ2n) is 9.49. The van der Waals surface area contributed by atoms with Crippen molar-refractivity contribution >= 4 is 6.03 Å². The molecule has 1 N–H and O–H groups in total. The van der Waals surface area contributed by atoms with Gasteiger partial charge in [0.2, 0.25) is 0 Å². The highest BCUT2D eigenvalue weighted by atomic mass is 16.2. The van der Waals surface area contributed by atoms with Crippen molar-refractivity contribution in [1.82, 2.24) is 15.1 Å². The van der Waals surface area contributed by atoms with Crippen LogP contribution in [0.5, 0.6) is 0 Å². The lowest BCUT2D eigenvalue weighted by Crippen LogP contribution is -2.54. The summed E-state index contributed by atoms with van der Waals surface area (Å²) in [5, 5.41) is 3.43. The average Bonchev–Trinajstić information content (AvgIpc) is 3.49. The fourth-order valence-electron chi connectivity index (χ4n) is 5.80. The van der Waals surface area contributed by atoms with Crippen LogP contribution in [0.25, 0.3) is 0 Å². The molecule has 29 heavy (non-hydrogen) atoms. The van der Waals surface area contributed by atoms with Crippen molar-refractivity contribution < 1.29 is 4.79 Å². The number of nitrogens with zero attached hydrogens (tertiary/aromatic N) is 2. The van der Waals surface area contributed by atoms with Gasteiger partial charge in [0, 0.05) is 12.1 Å². The van der Waals surface area contributed by atoms with E-state index in [0.29, 0.717) is 0 Å². The summed E-state index contributed by atoms with van der Waals surface area (Å²) in [5.41, 5.74) is 2.57. The molecule has 1 heterocycles.